The smallest absolute Gasteiger partial charge is 0.242 e. The molecular formula is C26H33N3O4S. The third-order valence-electron chi connectivity index (χ3n) is 6.42. The van der Waals surface area contributed by atoms with Gasteiger partial charge >= 0.3 is 0 Å². The van der Waals surface area contributed by atoms with Gasteiger partial charge in [-0.15, -0.1) is 11.8 Å². The molecule has 1 aromatic heterocycles. The molecule has 2 amide bonds. The average molecular weight is 484 g/mol. The lowest BCUT2D eigenvalue weighted by atomic mass is 9.99. The van der Waals surface area contributed by atoms with Gasteiger partial charge in [0, 0.05) is 50.1 Å². The lowest BCUT2D eigenvalue weighted by Crippen LogP contribution is -2.42. The second-order valence-electron chi connectivity index (χ2n) is 8.95. The molecule has 0 bridgehead atoms. The minimum absolute atomic E-state index is 0.00921. The van der Waals surface area contributed by atoms with Gasteiger partial charge in [-0.1, -0.05) is 18.2 Å². The Hall–Kier alpha value is -2.42. The van der Waals surface area contributed by atoms with Gasteiger partial charge in [-0.05, 0) is 54.3 Å². The molecule has 2 fully saturated rings. The first-order chi connectivity index (χ1) is 16.6. The van der Waals surface area contributed by atoms with E-state index in [9.17, 15) is 9.59 Å². The van der Waals surface area contributed by atoms with Crippen LogP contribution in [0.1, 0.15) is 24.0 Å². The van der Waals surface area contributed by atoms with E-state index in [4.69, 9.17) is 9.47 Å². The predicted octanol–water partition coefficient (Wildman–Crippen LogP) is 3.03. The molecule has 2 aliphatic heterocycles. The van der Waals surface area contributed by atoms with Gasteiger partial charge in [0.05, 0.1) is 25.7 Å². The van der Waals surface area contributed by atoms with E-state index in [2.05, 4.69) is 4.98 Å². The van der Waals surface area contributed by atoms with Crippen molar-refractivity contribution < 1.29 is 19.1 Å². The van der Waals surface area contributed by atoms with E-state index in [-0.39, 0.29) is 30.9 Å². The Morgan fingerprint density at radius 3 is 2.65 bits per heavy atom. The van der Waals surface area contributed by atoms with Crippen molar-refractivity contribution in [1.29, 1.82) is 0 Å². The maximum absolute atomic E-state index is 13.2. The molecule has 0 aliphatic carbocycles. The Morgan fingerprint density at radius 2 is 1.94 bits per heavy atom. The van der Waals surface area contributed by atoms with E-state index in [1.807, 2.05) is 47.6 Å². The molecule has 3 heterocycles. The lowest BCUT2D eigenvalue weighted by molar-refractivity contribution is -0.138. The van der Waals surface area contributed by atoms with Gasteiger partial charge in [-0.3, -0.25) is 14.6 Å². The number of aromatic nitrogens is 1. The normalized spacial score (nSPS) is 19.8. The molecule has 1 atom stereocenters. The van der Waals surface area contributed by atoms with Crippen LogP contribution in [-0.4, -0.2) is 78.4 Å². The molecule has 0 spiro atoms. The first-order valence-electron chi connectivity index (χ1n) is 11.9. The van der Waals surface area contributed by atoms with E-state index >= 15 is 0 Å². The minimum Gasteiger partial charge on any atom is -0.381 e. The summed E-state index contributed by atoms with van der Waals surface area (Å²) in [5.41, 5.74) is 1.92. The first-order valence-corrected chi connectivity index (χ1v) is 13.1. The van der Waals surface area contributed by atoms with Crippen molar-refractivity contribution >= 4 is 23.6 Å². The number of pyridine rings is 1. The summed E-state index contributed by atoms with van der Waals surface area (Å²) in [5, 5.41) is 0. The Balaban J connectivity index is 1.44. The van der Waals surface area contributed by atoms with Crippen LogP contribution >= 0.6 is 11.8 Å². The van der Waals surface area contributed by atoms with Crippen molar-refractivity contribution in [3.63, 3.8) is 0 Å². The van der Waals surface area contributed by atoms with E-state index < -0.39 is 0 Å². The third kappa shape index (κ3) is 7.04. The number of ether oxygens (including phenoxy) is 2. The van der Waals surface area contributed by atoms with Crippen molar-refractivity contribution in [2.24, 2.45) is 5.92 Å². The maximum Gasteiger partial charge on any atom is 0.242 e. The van der Waals surface area contributed by atoms with E-state index in [0.29, 0.717) is 32.2 Å². The predicted molar refractivity (Wildman–Crippen MR) is 131 cm³/mol. The lowest BCUT2D eigenvalue weighted by Gasteiger charge is -2.30. The van der Waals surface area contributed by atoms with Crippen LogP contribution in [0.15, 0.2) is 53.7 Å². The molecule has 0 unspecified atom stereocenters. The van der Waals surface area contributed by atoms with Crippen LogP contribution in [0.2, 0.25) is 0 Å². The summed E-state index contributed by atoms with van der Waals surface area (Å²) in [7, 11) is 0. The number of nitrogens with zero attached hydrogens (tertiary/aromatic N) is 3. The summed E-state index contributed by atoms with van der Waals surface area (Å²) in [5.74, 6) is 0.368. The van der Waals surface area contributed by atoms with Crippen molar-refractivity contribution in [1.82, 2.24) is 14.8 Å². The Kier molecular flexibility index (Phi) is 8.96. The Labute approximate surface area is 205 Å². The number of amides is 2. The zero-order chi connectivity index (χ0) is 23.8. The summed E-state index contributed by atoms with van der Waals surface area (Å²) in [4.78, 5) is 35.3. The highest BCUT2D eigenvalue weighted by Gasteiger charge is 2.32. The highest BCUT2D eigenvalue weighted by atomic mass is 32.2. The number of hydrogen-bond donors (Lipinski definition) is 0. The SMILES string of the molecule is CSc1ccc(CC(=O)N2CC(=O)N(CC3CCOCC3)C[C@H](OCc3cccnc3)C2)cc1. The number of hydrogen-bond acceptors (Lipinski definition) is 6. The van der Waals surface area contributed by atoms with E-state index in [0.717, 1.165) is 42.1 Å². The zero-order valence-corrected chi connectivity index (χ0v) is 20.5. The molecular weight excluding hydrogens is 450 g/mol. The van der Waals surface area contributed by atoms with Gasteiger partial charge in [-0.2, -0.15) is 0 Å². The van der Waals surface area contributed by atoms with E-state index in [1.54, 1.807) is 29.1 Å². The van der Waals surface area contributed by atoms with Crippen LogP contribution in [0.4, 0.5) is 0 Å². The van der Waals surface area contributed by atoms with Gasteiger partial charge in [0.1, 0.15) is 0 Å². The van der Waals surface area contributed by atoms with Crippen molar-refractivity contribution in [3.8, 4) is 0 Å². The molecule has 0 N–H and O–H groups in total. The fraction of sp³-hybridized carbons (Fsp3) is 0.500. The first kappa shape index (κ1) is 24.7. The third-order valence-corrected chi connectivity index (χ3v) is 7.17. The zero-order valence-electron chi connectivity index (χ0n) is 19.7. The highest BCUT2D eigenvalue weighted by Crippen LogP contribution is 2.20. The number of carbonyl (C=O) groups is 2. The van der Waals surface area contributed by atoms with Crippen LogP contribution < -0.4 is 0 Å². The molecule has 8 heteroatoms. The molecule has 2 aromatic rings. The van der Waals surface area contributed by atoms with Crippen LogP contribution in [0.5, 0.6) is 0 Å². The molecule has 34 heavy (non-hydrogen) atoms. The van der Waals surface area contributed by atoms with Crippen molar-refractivity contribution in [2.75, 3.05) is 45.6 Å². The molecule has 4 rings (SSSR count). The monoisotopic (exact) mass is 483 g/mol. The van der Waals surface area contributed by atoms with Crippen LogP contribution in [0.25, 0.3) is 0 Å². The highest BCUT2D eigenvalue weighted by molar-refractivity contribution is 7.98. The fourth-order valence-electron chi connectivity index (χ4n) is 4.42. The largest absolute Gasteiger partial charge is 0.381 e. The number of thioether (sulfide) groups is 1. The molecule has 2 saturated heterocycles. The van der Waals surface area contributed by atoms with Gasteiger partial charge < -0.3 is 19.3 Å². The average Bonchev–Trinajstić information content (AvgIpc) is 3.03. The number of benzene rings is 1. The Bertz CT molecular complexity index is 935. The molecule has 0 radical (unpaired) electrons. The van der Waals surface area contributed by atoms with Crippen molar-refractivity contribution in [2.45, 2.75) is 36.9 Å². The number of rotatable bonds is 8. The fourth-order valence-corrected chi connectivity index (χ4v) is 4.83. The molecule has 2 aliphatic rings. The molecule has 7 nitrogen and oxygen atoms in total. The topological polar surface area (TPSA) is 72.0 Å². The molecule has 1 aromatic carbocycles. The quantitative estimate of drug-likeness (QED) is 0.538. The van der Waals surface area contributed by atoms with Gasteiger partial charge in [0.2, 0.25) is 11.8 Å². The van der Waals surface area contributed by atoms with Crippen LogP contribution in [0.3, 0.4) is 0 Å². The standard InChI is InChI=1S/C26H33N3O4S/c1-34-24-6-4-20(5-7-24)13-25(30)29-17-23(33-19-22-3-2-10-27-14-22)16-28(26(31)18-29)15-21-8-11-32-12-9-21/h2-7,10,14,21,23H,8-9,11-13,15-19H2,1H3/t23-/m0/s1. The van der Waals surface area contributed by atoms with Gasteiger partial charge in [0.15, 0.2) is 0 Å². The summed E-state index contributed by atoms with van der Waals surface area (Å²) in [6, 6.07) is 11.9. The molecule has 182 valence electrons. The summed E-state index contributed by atoms with van der Waals surface area (Å²) in [6.45, 7) is 3.56. The second-order valence-corrected chi connectivity index (χ2v) is 9.83. The second kappa shape index (κ2) is 12.3. The van der Waals surface area contributed by atoms with Crippen LogP contribution in [-0.2, 0) is 32.1 Å². The maximum atomic E-state index is 13.2. The summed E-state index contributed by atoms with van der Waals surface area (Å²) < 4.78 is 11.7. The van der Waals surface area contributed by atoms with Crippen molar-refractivity contribution in [3.05, 3.63) is 59.9 Å². The summed E-state index contributed by atoms with van der Waals surface area (Å²) >= 11 is 1.67. The van der Waals surface area contributed by atoms with Gasteiger partial charge in [0.25, 0.3) is 0 Å². The van der Waals surface area contributed by atoms with Crippen LogP contribution in [0, 0.1) is 5.92 Å². The van der Waals surface area contributed by atoms with Gasteiger partial charge in [-0.25, -0.2) is 0 Å². The number of carbonyl (C=O) groups excluding carboxylic acids is 2. The molecule has 0 saturated carbocycles. The Morgan fingerprint density at radius 1 is 1.15 bits per heavy atom. The minimum atomic E-state index is -0.255. The summed E-state index contributed by atoms with van der Waals surface area (Å²) in [6.07, 6.45) is 7.48. The van der Waals surface area contributed by atoms with E-state index in [1.165, 1.54) is 0 Å².